The van der Waals surface area contributed by atoms with Gasteiger partial charge in [0.25, 0.3) is 0 Å². The van der Waals surface area contributed by atoms with Gasteiger partial charge in [-0.3, -0.25) is 4.79 Å². The number of hydrogen-bond donors (Lipinski definition) is 2. The number of fused-ring (bicyclic) bond motifs is 1. The van der Waals surface area contributed by atoms with Gasteiger partial charge in [0.1, 0.15) is 17.0 Å². The number of carbonyl (C=O) groups excluding carboxylic acids is 1. The Bertz CT molecular complexity index is 1200. The Morgan fingerprint density at radius 2 is 1.91 bits per heavy atom. The number of alkyl carbamates (subject to hydrolysis) is 1. The van der Waals surface area contributed by atoms with Gasteiger partial charge in [-0.05, 0) is 58.1 Å². The number of aromatic carboxylic acids is 1. The van der Waals surface area contributed by atoms with E-state index in [4.69, 9.17) is 4.74 Å². The van der Waals surface area contributed by atoms with Gasteiger partial charge in [0.05, 0.1) is 17.2 Å². The summed E-state index contributed by atoms with van der Waals surface area (Å²) in [6.07, 6.45) is 2.64. The zero-order valence-electron chi connectivity index (χ0n) is 19.6. The van der Waals surface area contributed by atoms with Crippen molar-refractivity contribution in [3.63, 3.8) is 0 Å². The molecule has 1 aliphatic heterocycles. The molecular formula is C24H30FN3O5. The number of ether oxygens (including phenoxy) is 1. The van der Waals surface area contributed by atoms with Crippen molar-refractivity contribution in [3.8, 4) is 0 Å². The number of amides is 1. The van der Waals surface area contributed by atoms with E-state index in [0.29, 0.717) is 29.9 Å². The zero-order chi connectivity index (χ0) is 24.2. The predicted octanol–water partition coefficient (Wildman–Crippen LogP) is 3.83. The second kappa shape index (κ2) is 8.04. The lowest BCUT2D eigenvalue weighted by Gasteiger charge is -2.25. The summed E-state index contributed by atoms with van der Waals surface area (Å²) in [6.45, 7) is 10.0. The number of carboxylic acids is 1. The van der Waals surface area contributed by atoms with E-state index in [1.807, 2.05) is 16.4 Å². The largest absolute Gasteiger partial charge is 0.477 e. The highest BCUT2D eigenvalue weighted by atomic mass is 19.1. The van der Waals surface area contributed by atoms with Crippen LogP contribution in [0.5, 0.6) is 0 Å². The maximum atomic E-state index is 15.4. The third-order valence-electron chi connectivity index (χ3n) is 6.28. The maximum Gasteiger partial charge on any atom is 0.407 e. The summed E-state index contributed by atoms with van der Waals surface area (Å²) in [5.74, 6) is -1.85. The van der Waals surface area contributed by atoms with E-state index in [-0.39, 0.29) is 29.0 Å². The Kier molecular flexibility index (Phi) is 5.62. The van der Waals surface area contributed by atoms with E-state index in [0.717, 1.165) is 18.9 Å². The molecule has 1 aromatic carbocycles. The van der Waals surface area contributed by atoms with Crippen molar-refractivity contribution in [1.29, 1.82) is 0 Å². The first kappa shape index (κ1) is 23.1. The maximum absolute atomic E-state index is 15.4. The van der Waals surface area contributed by atoms with E-state index < -0.39 is 28.9 Å². The first-order valence-electron chi connectivity index (χ1n) is 11.2. The average Bonchev–Trinajstić information content (AvgIpc) is 3.45. The van der Waals surface area contributed by atoms with Gasteiger partial charge >= 0.3 is 12.1 Å². The van der Waals surface area contributed by atoms with Crippen LogP contribution < -0.4 is 15.6 Å². The molecule has 1 saturated carbocycles. The van der Waals surface area contributed by atoms with E-state index >= 15 is 4.39 Å². The molecule has 2 aromatic rings. The van der Waals surface area contributed by atoms with Gasteiger partial charge in [0.15, 0.2) is 0 Å². The van der Waals surface area contributed by atoms with Gasteiger partial charge in [-0.15, -0.1) is 0 Å². The van der Waals surface area contributed by atoms with Crippen molar-refractivity contribution in [1.82, 2.24) is 9.88 Å². The van der Waals surface area contributed by atoms with Crippen LogP contribution in [-0.2, 0) is 4.74 Å². The molecule has 178 valence electrons. The van der Waals surface area contributed by atoms with Crippen LogP contribution in [0.2, 0.25) is 0 Å². The smallest absolute Gasteiger partial charge is 0.407 e. The molecule has 1 amide bonds. The van der Waals surface area contributed by atoms with Gasteiger partial charge in [0.2, 0.25) is 5.43 Å². The summed E-state index contributed by atoms with van der Waals surface area (Å²) >= 11 is 0. The number of carbonyl (C=O) groups is 2. The molecule has 2 aliphatic rings. The van der Waals surface area contributed by atoms with E-state index in [2.05, 4.69) is 5.32 Å². The lowest BCUT2D eigenvalue weighted by atomic mass is 10.0. The highest BCUT2D eigenvalue weighted by Crippen LogP contribution is 2.40. The van der Waals surface area contributed by atoms with Crippen LogP contribution in [0.4, 0.5) is 14.9 Å². The van der Waals surface area contributed by atoms with Crippen LogP contribution >= 0.6 is 0 Å². The molecule has 1 aromatic heterocycles. The van der Waals surface area contributed by atoms with Crippen molar-refractivity contribution >= 4 is 28.7 Å². The molecule has 1 saturated heterocycles. The lowest BCUT2D eigenvalue weighted by Crippen LogP contribution is -2.42. The molecular weight excluding hydrogens is 429 g/mol. The molecule has 2 fully saturated rings. The fraction of sp³-hybridized carbons (Fsp3) is 0.542. The Morgan fingerprint density at radius 3 is 2.48 bits per heavy atom. The highest BCUT2D eigenvalue weighted by Gasteiger charge is 2.35. The SMILES string of the molecule is Cc1c(N2CC(C)C(NC(=O)OC(C)(C)C)C2)c(F)cc2c(=O)c(C(=O)O)cn(C3CC3)c12. The van der Waals surface area contributed by atoms with Crippen molar-refractivity contribution in [2.75, 3.05) is 18.0 Å². The topological polar surface area (TPSA) is 101 Å². The number of halogens is 1. The summed E-state index contributed by atoms with van der Waals surface area (Å²) in [5, 5.41) is 12.4. The van der Waals surface area contributed by atoms with E-state index in [1.54, 1.807) is 27.7 Å². The first-order chi connectivity index (χ1) is 15.4. The molecule has 4 rings (SSSR count). The molecule has 33 heavy (non-hydrogen) atoms. The van der Waals surface area contributed by atoms with Crippen molar-refractivity contribution in [2.24, 2.45) is 5.92 Å². The number of pyridine rings is 1. The molecule has 2 unspecified atom stereocenters. The second-order valence-corrected chi connectivity index (χ2v) is 10.2. The summed E-state index contributed by atoms with van der Waals surface area (Å²) in [5.41, 5.74) is -0.107. The summed E-state index contributed by atoms with van der Waals surface area (Å²) < 4.78 is 22.6. The van der Waals surface area contributed by atoms with Crippen LogP contribution in [0.1, 0.15) is 62.5 Å². The minimum atomic E-state index is -1.32. The fourth-order valence-electron chi connectivity index (χ4n) is 4.65. The number of nitrogens with one attached hydrogen (secondary N) is 1. The third-order valence-corrected chi connectivity index (χ3v) is 6.28. The molecule has 0 bridgehead atoms. The molecule has 8 nitrogen and oxygen atoms in total. The minimum Gasteiger partial charge on any atom is -0.477 e. The normalized spacial score (nSPS) is 20.8. The summed E-state index contributed by atoms with van der Waals surface area (Å²) in [7, 11) is 0. The van der Waals surface area contributed by atoms with Gasteiger partial charge in [-0.25, -0.2) is 14.0 Å². The zero-order valence-corrected chi connectivity index (χ0v) is 19.6. The van der Waals surface area contributed by atoms with E-state index in [9.17, 15) is 19.5 Å². The van der Waals surface area contributed by atoms with E-state index in [1.165, 1.54) is 6.20 Å². The molecule has 2 N–H and O–H groups in total. The molecule has 2 atom stereocenters. The lowest BCUT2D eigenvalue weighted by molar-refractivity contribution is 0.0499. The van der Waals surface area contributed by atoms with Gasteiger partial charge in [0, 0.05) is 30.7 Å². The van der Waals surface area contributed by atoms with Crippen molar-refractivity contribution in [2.45, 2.75) is 65.1 Å². The Labute approximate surface area is 191 Å². The first-order valence-corrected chi connectivity index (χ1v) is 11.2. The molecule has 0 spiro atoms. The predicted molar refractivity (Wildman–Crippen MR) is 123 cm³/mol. The van der Waals surface area contributed by atoms with Crippen molar-refractivity contribution < 1.29 is 23.8 Å². The van der Waals surface area contributed by atoms with Crippen LogP contribution in [-0.4, -0.2) is 46.5 Å². The van der Waals surface area contributed by atoms with Crippen LogP contribution in [0.3, 0.4) is 0 Å². The second-order valence-electron chi connectivity index (χ2n) is 10.2. The number of aromatic nitrogens is 1. The van der Waals surface area contributed by atoms with Crippen LogP contribution in [0, 0.1) is 18.7 Å². The number of aryl methyl sites for hydroxylation is 1. The van der Waals surface area contributed by atoms with Gasteiger partial charge in [-0.2, -0.15) is 0 Å². The number of carboxylic acid groups (broad SMARTS) is 1. The minimum absolute atomic E-state index is 0.0482. The van der Waals surface area contributed by atoms with Crippen LogP contribution in [0.25, 0.3) is 10.9 Å². The number of nitrogens with zero attached hydrogens (tertiary/aromatic N) is 2. The van der Waals surface area contributed by atoms with Crippen LogP contribution in [0.15, 0.2) is 17.1 Å². The monoisotopic (exact) mass is 459 g/mol. The standard InChI is InChI=1S/C24H30FN3O5/c1-12-9-27(11-18(12)26-23(32)33-24(3,4)5)20-13(2)19-15(8-17(20)25)21(29)16(22(30)31)10-28(19)14-6-7-14/h8,10,12,14,18H,6-7,9,11H2,1-5H3,(H,26,32)(H,30,31). The number of rotatable bonds is 4. The van der Waals surface area contributed by atoms with Gasteiger partial charge < -0.3 is 24.6 Å². The molecule has 2 heterocycles. The Balaban J connectivity index is 1.73. The van der Waals surface area contributed by atoms with Crippen molar-refractivity contribution in [3.05, 3.63) is 39.4 Å². The number of benzene rings is 1. The summed E-state index contributed by atoms with van der Waals surface area (Å²) in [4.78, 5) is 38.5. The molecule has 1 aliphatic carbocycles. The molecule has 9 heteroatoms. The number of hydrogen-bond acceptors (Lipinski definition) is 5. The molecule has 0 radical (unpaired) electrons. The fourth-order valence-corrected chi connectivity index (χ4v) is 4.65. The summed E-state index contributed by atoms with van der Waals surface area (Å²) in [6, 6.07) is 1.03. The number of anilines is 1. The quantitative estimate of drug-likeness (QED) is 0.721. The average molecular weight is 460 g/mol. The Morgan fingerprint density at radius 1 is 1.24 bits per heavy atom. The Hall–Kier alpha value is -3.10. The third kappa shape index (κ3) is 4.41. The highest BCUT2D eigenvalue weighted by molar-refractivity contribution is 5.95. The van der Waals surface area contributed by atoms with Gasteiger partial charge in [-0.1, -0.05) is 6.92 Å².